The van der Waals surface area contributed by atoms with Crippen molar-refractivity contribution in [2.45, 2.75) is 77.4 Å². The van der Waals surface area contributed by atoms with Gasteiger partial charge in [-0.05, 0) is 42.4 Å². The maximum atomic E-state index is 13.1. The molecular formula is C24H33F3N4O2S. The lowest BCUT2D eigenvalue weighted by molar-refractivity contribution is -0.144. The Kier molecular flexibility index (Phi) is 8.78. The number of methoxy groups -OCH3 is 1. The SMILES string of the molecule is COC(=O)CC(C)c1ccc(N(CC(C)C)C2CCCCC2)c(Nc2nc(C(F)(F)F)ns2)c1. The zero-order valence-corrected chi connectivity index (χ0v) is 20.9. The van der Waals surface area contributed by atoms with Crippen molar-refractivity contribution >= 4 is 34.0 Å². The van der Waals surface area contributed by atoms with E-state index in [2.05, 4.69) is 33.4 Å². The molecule has 0 amide bonds. The van der Waals surface area contributed by atoms with Crippen LogP contribution in [0.15, 0.2) is 18.2 Å². The highest BCUT2D eigenvalue weighted by molar-refractivity contribution is 7.09. The minimum atomic E-state index is -4.60. The molecule has 34 heavy (non-hydrogen) atoms. The Labute approximate surface area is 203 Å². The minimum Gasteiger partial charge on any atom is -0.469 e. The average Bonchev–Trinajstić information content (AvgIpc) is 3.27. The van der Waals surface area contributed by atoms with Crippen LogP contribution in [0.25, 0.3) is 0 Å². The summed E-state index contributed by atoms with van der Waals surface area (Å²) >= 11 is 0.685. The second kappa shape index (κ2) is 11.4. The fourth-order valence-electron chi connectivity index (χ4n) is 4.40. The number of hydrogen-bond donors (Lipinski definition) is 1. The molecule has 6 nitrogen and oxygen atoms in total. The summed E-state index contributed by atoms with van der Waals surface area (Å²) in [6, 6.07) is 6.28. The van der Waals surface area contributed by atoms with Gasteiger partial charge in [-0.25, -0.2) is 0 Å². The van der Waals surface area contributed by atoms with Gasteiger partial charge in [-0.15, -0.1) is 0 Å². The van der Waals surface area contributed by atoms with Crippen LogP contribution in [-0.2, 0) is 15.7 Å². The van der Waals surface area contributed by atoms with E-state index in [0.717, 1.165) is 30.6 Å². The molecule has 3 rings (SSSR count). The molecule has 1 atom stereocenters. The van der Waals surface area contributed by atoms with Gasteiger partial charge in [0.2, 0.25) is 11.0 Å². The number of benzene rings is 1. The summed E-state index contributed by atoms with van der Waals surface area (Å²) in [4.78, 5) is 17.8. The van der Waals surface area contributed by atoms with Gasteiger partial charge >= 0.3 is 12.1 Å². The Morgan fingerprint density at radius 1 is 1.24 bits per heavy atom. The van der Waals surface area contributed by atoms with Crippen LogP contribution < -0.4 is 10.2 Å². The summed E-state index contributed by atoms with van der Waals surface area (Å²) < 4.78 is 47.5. The second-order valence-electron chi connectivity index (χ2n) is 9.34. The minimum absolute atomic E-state index is 0.0829. The van der Waals surface area contributed by atoms with E-state index < -0.39 is 12.0 Å². The Hall–Kier alpha value is -2.36. The number of esters is 1. The molecule has 1 aromatic heterocycles. The maximum Gasteiger partial charge on any atom is 0.452 e. The summed E-state index contributed by atoms with van der Waals surface area (Å²) in [7, 11) is 1.35. The second-order valence-corrected chi connectivity index (χ2v) is 10.1. The maximum absolute atomic E-state index is 13.1. The van der Waals surface area contributed by atoms with Crippen LogP contribution in [0.2, 0.25) is 0 Å². The highest BCUT2D eigenvalue weighted by Crippen LogP contribution is 2.38. The molecular weight excluding hydrogens is 465 g/mol. The molecule has 2 aromatic rings. The number of alkyl halides is 3. The number of carbonyl (C=O) groups is 1. The quantitative estimate of drug-likeness (QED) is 0.385. The zero-order chi connectivity index (χ0) is 24.9. The van der Waals surface area contributed by atoms with Crippen molar-refractivity contribution in [3.05, 3.63) is 29.6 Å². The van der Waals surface area contributed by atoms with E-state index in [1.807, 2.05) is 25.1 Å². The molecule has 1 saturated carbocycles. The van der Waals surface area contributed by atoms with Crippen molar-refractivity contribution in [3.63, 3.8) is 0 Å². The fraction of sp³-hybridized carbons (Fsp3) is 0.625. The normalized spacial score (nSPS) is 15.9. The summed E-state index contributed by atoms with van der Waals surface area (Å²) in [5, 5.41) is 3.19. The third-order valence-corrected chi connectivity index (χ3v) is 6.73. The highest BCUT2D eigenvalue weighted by atomic mass is 32.1. The van der Waals surface area contributed by atoms with Crippen LogP contribution in [0.3, 0.4) is 0 Å². The van der Waals surface area contributed by atoms with Gasteiger partial charge in [0.25, 0.3) is 0 Å². The Morgan fingerprint density at radius 3 is 2.53 bits per heavy atom. The molecule has 0 spiro atoms. The lowest BCUT2D eigenvalue weighted by Crippen LogP contribution is -2.39. The molecule has 0 radical (unpaired) electrons. The lowest BCUT2D eigenvalue weighted by atomic mass is 9.92. The van der Waals surface area contributed by atoms with E-state index in [4.69, 9.17) is 4.74 Å². The Bertz CT molecular complexity index is 958. The largest absolute Gasteiger partial charge is 0.469 e. The van der Waals surface area contributed by atoms with E-state index in [0.29, 0.717) is 29.2 Å². The molecule has 1 heterocycles. The predicted molar refractivity (Wildman–Crippen MR) is 129 cm³/mol. The van der Waals surface area contributed by atoms with Crippen LogP contribution in [0.1, 0.15) is 76.6 Å². The molecule has 188 valence electrons. The molecule has 0 saturated heterocycles. The number of carbonyl (C=O) groups excluding carboxylic acids is 1. The van der Waals surface area contributed by atoms with Crippen molar-refractivity contribution in [1.29, 1.82) is 0 Å². The van der Waals surface area contributed by atoms with E-state index in [-0.39, 0.29) is 23.4 Å². The molecule has 1 aromatic carbocycles. The van der Waals surface area contributed by atoms with Crippen LogP contribution in [0, 0.1) is 5.92 Å². The first-order valence-electron chi connectivity index (χ1n) is 11.7. The van der Waals surface area contributed by atoms with Crippen molar-refractivity contribution < 1.29 is 22.7 Å². The number of ether oxygens (including phenoxy) is 1. The summed E-state index contributed by atoms with van der Waals surface area (Å²) in [6.07, 6.45) is 1.36. The molecule has 10 heteroatoms. The van der Waals surface area contributed by atoms with E-state index >= 15 is 0 Å². The lowest BCUT2D eigenvalue weighted by Gasteiger charge is -2.38. The zero-order valence-electron chi connectivity index (χ0n) is 20.1. The van der Waals surface area contributed by atoms with Gasteiger partial charge in [0, 0.05) is 24.1 Å². The standard InChI is InChI=1S/C24H33F3N4O2S/c1-15(2)14-31(18-8-6-5-7-9-18)20-11-10-17(16(3)12-21(32)33-4)13-19(20)28-23-29-22(30-34-23)24(25,26)27/h10-11,13,15-16,18H,5-9,12,14H2,1-4H3,(H,28,29,30). The molecule has 1 aliphatic rings. The molecule has 1 fully saturated rings. The summed E-state index contributed by atoms with van der Waals surface area (Å²) in [5.74, 6) is -1.17. The number of halogens is 3. The van der Waals surface area contributed by atoms with E-state index in [9.17, 15) is 18.0 Å². The number of aromatic nitrogens is 2. The van der Waals surface area contributed by atoms with Gasteiger partial charge in [-0.3, -0.25) is 4.79 Å². The van der Waals surface area contributed by atoms with Crippen LogP contribution in [0.4, 0.5) is 29.7 Å². The first-order chi connectivity index (χ1) is 16.1. The van der Waals surface area contributed by atoms with Crippen molar-refractivity contribution in [3.8, 4) is 0 Å². The molecule has 1 aliphatic carbocycles. The highest BCUT2D eigenvalue weighted by Gasteiger charge is 2.36. The Morgan fingerprint density at radius 2 is 1.94 bits per heavy atom. The smallest absolute Gasteiger partial charge is 0.452 e. The molecule has 0 bridgehead atoms. The fourth-order valence-corrected chi connectivity index (χ4v) is 5.00. The van der Waals surface area contributed by atoms with Crippen molar-refractivity contribution in [1.82, 2.24) is 9.36 Å². The summed E-state index contributed by atoms with van der Waals surface area (Å²) in [5.41, 5.74) is 2.49. The van der Waals surface area contributed by atoms with Crippen molar-refractivity contribution in [2.24, 2.45) is 5.92 Å². The van der Waals surface area contributed by atoms with Gasteiger partial charge in [0.15, 0.2) is 0 Å². The Balaban J connectivity index is 2.00. The summed E-state index contributed by atoms with van der Waals surface area (Å²) in [6.45, 7) is 7.09. The number of rotatable bonds is 9. The van der Waals surface area contributed by atoms with Gasteiger partial charge in [-0.1, -0.05) is 46.1 Å². The van der Waals surface area contributed by atoms with Crippen LogP contribution in [-0.4, -0.2) is 35.0 Å². The molecule has 1 N–H and O–H groups in total. The first-order valence-corrected chi connectivity index (χ1v) is 12.5. The molecule has 0 aliphatic heterocycles. The third kappa shape index (κ3) is 6.84. The average molecular weight is 499 g/mol. The van der Waals surface area contributed by atoms with Gasteiger partial charge in [-0.2, -0.15) is 22.5 Å². The monoisotopic (exact) mass is 498 g/mol. The number of nitrogens with zero attached hydrogens (tertiary/aromatic N) is 3. The van der Waals surface area contributed by atoms with Gasteiger partial charge < -0.3 is 15.0 Å². The third-order valence-electron chi connectivity index (χ3n) is 6.10. The topological polar surface area (TPSA) is 67.3 Å². The number of anilines is 3. The van der Waals surface area contributed by atoms with Gasteiger partial charge in [0.05, 0.1) is 24.9 Å². The predicted octanol–water partition coefficient (Wildman–Crippen LogP) is 6.76. The van der Waals surface area contributed by atoms with Crippen molar-refractivity contribution in [2.75, 3.05) is 23.9 Å². The van der Waals surface area contributed by atoms with Crippen LogP contribution in [0.5, 0.6) is 0 Å². The van der Waals surface area contributed by atoms with E-state index in [1.54, 1.807) is 0 Å². The first kappa shape index (κ1) is 26.2. The van der Waals surface area contributed by atoms with Gasteiger partial charge in [0.1, 0.15) is 0 Å². The van der Waals surface area contributed by atoms with E-state index in [1.165, 1.54) is 26.4 Å². The number of hydrogen-bond acceptors (Lipinski definition) is 7. The van der Waals surface area contributed by atoms with Crippen LogP contribution >= 0.6 is 11.5 Å². The number of nitrogens with one attached hydrogen (secondary N) is 1. The molecule has 1 unspecified atom stereocenters.